The molecule has 0 aliphatic heterocycles. The number of aromatic nitrogens is 1. The second-order valence-corrected chi connectivity index (χ2v) is 4.96. The fourth-order valence-corrected chi connectivity index (χ4v) is 1.98. The molecule has 2 aromatic rings. The number of nitrogens with zero attached hydrogens (tertiary/aromatic N) is 1. The number of ether oxygens (including phenoxy) is 1. The first-order valence-corrected chi connectivity index (χ1v) is 7.18. The number of rotatable bonds is 5. The van der Waals surface area contributed by atoms with Crippen LogP contribution in [0.5, 0.6) is 0 Å². The lowest BCUT2D eigenvalue weighted by molar-refractivity contribution is 0.0600. The standard InChI is InChI=1S/C16H17N3O2S/c1-21-15(20)13-7-8-17-14(9-13)11-19-16(22)18-10-12-5-3-2-4-6-12/h2-9H,10-11H2,1H3,(H2,18,19,22). The Hall–Kier alpha value is -2.47. The van der Waals surface area contributed by atoms with Crippen LogP contribution in [0.2, 0.25) is 0 Å². The lowest BCUT2D eigenvalue weighted by Gasteiger charge is -2.10. The smallest absolute Gasteiger partial charge is 0.337 e. The summed E-state index contributed by atoms with van der Waals surface area (Å²) in [5.41, 5.74) is 2.33. The molecule has 2 rings (SSSR count). The minimum atomic E-state index is -0.381. The Balaban J connectivity index is 1.82. The third-order valence-electron chi connectivity index (χ3n) is 2.96. The molecule has 0 fully saturated rings. The van der Waals surface area contributed by atoms with Crippen LogP contribution in [-0.4, -0.2) is 23.2 Å². The molecule has 0 radical (unpaired) electrons. The van der Waals surface area contributed by atoms with Crippen molar-refractivity contribution in [2.75, 3.05) is 7.11 Å². The number of nitrogens with one attached hydrogen (secondary N) is 2. The summed E-state index contributed by atoms with van der Waals surface area (Å²) in [6, 6.07) is 13.3. The molecule has 0 saturated carbocycles. The van der Waals surface area contributed by atoms with Gasteiger partial charge in [0, 0.05) is 12.7 Å². The van der Waals surface area contributed by atoms with Gasteiger partial charge in [-0.1, -0.05) is 30.3 Å². The van der Waals surface area contributed by atoms with Crippen LogP contribution in [-0.2, 0) is 17.8 Å². The molecule has 0 aliphatic carbocycles. The monoisotopic (exact) mass is 315 g/mol. The molecule has 0 amide bonds. The first kappa shape index (κ1) is 15.9. The van der Waals surface area contributed by atoms with E-state index in [2.05, 4.69) is 20.4 Å². The van der Waals surface area contributed by atoms with Crippen molar-refractivity contribution in [2.24, 2.45) is 0 Å². The van der Waals surface area contributed by atoms with E-state index in [1.54, 1.807) is 18.3 Å². The average Bonchev–Trinajstić information content (AvgIpc) is 2.58. The molecule has 0 unspecified atom stereocenters. The second kappa shape index (κ2) is 8.09. The van der Waals surface area contributed by atoms with Crippen molar-refractivity contribution in [3.8, 4) is 0 Å². The van der Waals surface area contributed by atoms with Gasteiger partial charge in [0.25, 0.3) is 0 Å². The highest BCUT2D eigenvalue weighted by molar-refractivity contribution is 7.80. The molecule has 0 saturated heterocycles. The van der Waals surface area contributed by atoms with E-state index in [1.807, 2.05) is 30.3 Å². The lowest BCUT2D eigenvalue weighted by atomic mass is 10.2. The maximum atomic E-state index is 11.5. The zero-order valence-electron chi connectivity index (χ0n) is 12.2. The summed E-state index contributed by atoms with van der Waals surface area (Å²) in [7, 11) is 1.35. The quantitative estimate of drug-likeness (QED) is 0.650. The average molecular weight is 315 g/mol. The molecule has 0 spiro atoms. The molecular formula is C16H17N3O2S. The van der Waals surface area contributed by atoms with Crippen molar-refractivity contribution in [1.82, 2.24) is 15.6 Å². The predicted octanol–water partition coefficient (Wildman–Crippen LogP) is 2.03. The van der Waals surface area contributed by atoms with Crippen molar-refractivity contribution in [3.05, 3.63) is 65.5 Å². The minimum absolute atomic E-state index is 0.381. The summed E-state index contributed by atoms with van der Waals surface area (Å²) in [5.74, 6) is -0.381. The first-order chi connectivity index (χ1) is 10.7. The fourth-order valence-electron chi connectivity index (χ4n) is 1.83. The van der Waals surface area contributed by atoms with Crippen LogP contribution in [0.1, 0.15) is 21.6 Å². The van der Waals surface area contributed by atoms with Gasteiger partial charge in [-0.2, -0.15) is 0 Å². The van der Waals surface area contributed by atoms with Crippen molar-refractivity contribution >= 4 is 23.3 Å². The summed E-state index contributed by atoms with van der Waals surface area (Å²) in [5, 5.41) is 6.71. The Morgan fingerprint density at radius 3 is 2.64 bits per heavy atom. The van der Waals surface area contributed by atoms with Gasteiger partial charge in [-0.05, 0) is 29.9 Å². The van der Waals surface area contributed by atoms with Gasteiger partial charge < -0.3 is 15.4 Å². The Labute approximate surface area is 134 Å². The van der Waals surface area contributed by atoms with Crippen LogP contribution in [0.3, 0.4) is 0 Å². The van der Waals surface area contributed by atoms with E-state index in [-0.39, 0.29) is 5.97 Å². The van der Waals surface area contributed by atoms with Crippen molar-refractivity contribution < 1.29 is 9.53 Å². The molecule has 0 aliphatic rings. The van der Waals surface area contributed by atoms with E-state index in [0.29, 0.717) is 29.5 Å². The van der Waals surface area contributed by atoms with Crippen LogP contribution < -0.4 is 10.6 Å². The van der Waals surface area contributed by atoms with Crippen LogP contribution in [0.4, 0.5) is 0 Å². The molecule has 1 aromatic heterocycles. The summed E-state index contributed by atoms with van der Waals surface area (Å²) in [6.07, 6.45) is 1.57. The largest absolute Gasteiger partial charge is 0.465 e. The van der Waals surface area contributed by atoms with Gasteiger partial charge in [-0.3, -0.25) is 4.98 Å². The Morgan fingerprint density at radius 1 is 1.18 bits per heavy atom. The van der Waals surface area contributed by atoms with Gasteiger partial charge in [0.05, 0.1) is 24.9 Å². The summed E-state index contributed by atoms with van der Waals surface area (Å²) in [4.78, 5) is 15.6. The summed E-state index contributed by atoms with van der Waals surface area (Å²) in [6.45, 7) is 1.09. The van der Waals surface area contributed by atoms with E-state index in [1.165, 1.54) is 7.11 Å². The molecule has 1 aromatic carbocycles. The van der Waals surface area contributed by atoms with E-state index in [0.717, 1.165) is 5.56 Å². The van der Waals surface area contributed by atoms with E-state index >= 15 is 0 Å². The lowest BCUT2D eigenvalue weighted by Crippen LogP contribution is -2.34. The number of methoxy groups -OCH3 is 1. The highest BCUT2D eigenvalue weighted by atomic mass is 32.1. The minimum Gasteiger partial charge on any atom is -0.465 e. The zero-order valence-corrected chi connectivity index (χ0v) is 13.0. The number of benzene rings is 1. The van der Waals surface area contributed by atoms with Gasteiger partial charge in [0.1, 0.15) is 0 Å². The number of hydrogen-bond acceptors (Lipinski definition) is 4. The number of pyridine rings is 1. The number of esters is 1. The maximum Gasteiger partial charge on any atom is 0.337 e. The summed E-state index contributed by atoms with van der Waals surface area (Å²) >= 11 is 5.22. The van der Waals surface area contributed by atoms with Crippen LogP contribution >= 0.6 is 12.2 Å². The van der Waals surface area contributed by atoms with Crippen molar-refractivity contribution in [1.29, 1.82) is 0 Å². The SMILES string of the molecule is COC(=O)c1ccnc(CNC(=S)NCc2ccccc2)c1. The maximum absolute atomic E-state index is 11.5. The van der Waals surface area contributed by atoms with Gasteiger partial charge in [0.2, 0.25) is 0 Å². The highest BCUT2D eigenvalue weighted by Crippen LogP contribution is 2.03. The fraction of sp³-hybridized carbons (Fsp3) is 0.188. The topological polar surface area (TPSA) is 63.2 Å². The van der Waals surface area contributed by atoms with Gasteiger partial charge >= 0.3 is 5.97 Å². The van der Waals surface area contributed by atoms with Crippen molar-refractivity contribution in [3.63, 3.8) is 0 Å². The van der Waals surface area contributed by atoms with Crippen LogP contribution in [0.25, 0.3) is 0 Å². The number of carbonyl (C=O) groups is 1. The van der Waals surface area contributed by atoms with Gasteiger partial charge in [-0.15, -0.1) is 0 Å². The third-order valence-corrected chi connectivity index (χ3v) is 3.25. The molecule has 0 atom stereocenters. The second-order valence-electron chi connectivity index (χ2n) is 4.55. The van der Waals surface area contributed by atoms with E-state index < -0.39 is 0 Å². The molecule has 114 valence electrons. The Bertz CT molecular complexity index is 647. The molecule has 22 heavy (non-hydrogen) atoms. The molecular weight excluding hydrogens is 298 g/mol. The highest BCUT2D eigenvalue weighted by Gasteiger charge is 2.06. The number of carbonyl (C=O) groups excluding carboxylic acids is 1. The zero-order chi connectivity index (χ0) is 15.8. The number of hydrogen-bond donors (Lipinski definition) is 2. The predicted molar refractivity (Wildman–Crippen MR) is 88.3 cm³/mol. The first-order valence-electron chi connectivity index (χ1n) is 6.78. The molecule has 2 N–H and O–H groups in total. The van der Waals surface area contributed by atoms with Gasteiger partial charge in [0.15, 0.2) is 5.11 Å². The van der Waals surface area contributed by atoms with Gasteiger partial charge in [-0.25, -0.2) is 4.79 Å². The molecule has 0 bridgehead atoms. The molecule has 5 nitrogen and oxygen atoms in total. The Kier molecular flexibility index (Phi) is 5.85. The Morgan fingerprint density at radius 2 is 1.91 bits per heavy atom. The van der Waals surface area contributed by atoms with E-state index in [9.17, 15) is 4.79 Å². The van der Waals surface area contributed by atoms with Crippen molar-refractivity contribution in [2.45, 2.75) is 13.1 Å². The third kappa shape index (κ3) is 4.82. The molecule has 6 heteroatoms. The normalized spacial score (nSPS) is 9.86. The molecule has 1 heterocycles. The summed E-state index contributed by atoms with van der Waals surface area (Å²) < 4.78 is 4.68. The number of thiocarbonyl (C=S) groups is 1. The van der Waals surface area contributed by atoms with E-state index in [4.69, 9.17) is 12.2 Å². The van der Waals surface area contributed by atoms with Crippen LogP contribution in [0, 0.1) is 0 Å². The van der Waals surface area contributed by atoms with Crippen LogP contribution in [0.15, 0.2) is 48.7 Å².